The average Bonchev–Trinajstić information content (AvgIpc) is 2.41. The van der Waals surface area contributed by atoms with Gasteiger partial charge in [-0.2, -0.15) is 0 Å². The molecule has 0 saturated heterocycles. The zero-order chi connectivity index (χ0) is 12.8. The van der Waals surface area contributed by atoms with Crippen LogP contribution < -0.4 is 15.0 Å². The van der Waals surface area contributed by atoms with Gasteiger partial charge in [-0.05, 0) is 37.2 Å². The Morgan fingerprint density at radius 1 is 1.35 bits per heavy atom. The first-order chi connectivity index (χ1) is 8.26. The summed E-state index contributed by atoms with van der Waals surface area (Å²) in [5.41, 5.74) is 2.65. The molecule has 3 heteroatoms. The summed E-state index contributed by atoms with van der Waals surface area (Å²) >= 11 is 0. The summed E-state index contributed by atoms with van der Waals surface area (Å²) in [4.78, 5) is 2.29. The van der Waals surface area contributed by atoms with Gasteiger partial charge in [0.25, 0.3) is 0 Å². The summed E-state index contributed by atoms with van der Waals surface area (Å²) < 4.78 is 5.26. The van der Waals surface area contributed by atoms with Crippen molar-refractivity contribution in [3.63, 3.8) is 0 Å². The third-order valence-corrected chi connectivity index (χ3v) is 3.12. The van der Waals surface area contributed by atoms with E-state index in [0.29, 0.717) is 6.04 Å². The molecule has 1 unspecified atom stereocenters. The Kier molecular flexibility index (Phi) is 5.29. The predicted octanol–water partition coefficient (Wildman–Crippen LogP) is 2.82. The van der Waals surface area contributed by atoms with E-state index in [-0.39, 0.29) is 0 Å². The van der Waals surface area contributed by atoms with E-state index in [4.69, 9.17) is 4.74 Å². The molecule has 2 rings (SSSR count). The Balaban J connectivity index is 0.000000686. The fourth-order valence-corrected chi connectivity index (χ4v) is 2.18. The SMILES string of the molecule is CC.CNC1CCN(C)c2ccc(OC)cc21. The highest BCUT2D eigenvalue weighted by Crippen LogP contribution is 2.35. The maximum Gasteiger partial charge on any atom is 0.119 e. The van der Waals surface area contributed by atoms with Crippen LogP contribution >= 0.6 is 0 Å². The summed E-state index contributed by atoms with van der Waals surface area (Å²) in [6.45, 7) is 5.10. The Morgan fingerprint density at radius 3 is 2.65 bits per heavy atom. The van der Waals surface area contributed by atoms with Crippen molar-refractivity contribution in [3.05, 3.63) is 23.8 Å². The third-order valence-electron chi connectivity index (χ3n) is 3.12. The normalized spacial score (nSPS) is 17.9. The molecule has 1 aromatic rings. The molecule has 1 aliphatic rings. The predicted molar refractivity (Wildman–Crippen MR) is 74.0 cm³/mol. The fraction of sp³-hybridized carbons (Fsp3) is 0.571. The van der Waals surface area contributed by atoms with Gasteiger partial charge in [-0.25, -0.2) is 0 Å². The second kappa shape index (κ2) is 6.50. The lowest BCUT2D eigenvalue weighted by atomic mass is 9.96. The highest BCUT2D eigenvalue weighted by Gasteiger charge is 2.22. The molecule has 1 N–H and O–H groups in total. The van der Waals surface area contributed by atoms with Gasteiger partial charge >= 0.3 is 0 Å². The number of nitrogens with zero attached hydrogens (tertiary/aromatic N) is 1. The first kappa shape index (κ1) is 13.8. The lowest BCUT2D eigenvalue weighted by Crippen LogP contribution is -2.32. The van der Waals surface area contributed by atoms with Crippen LogP contribution in [0.2, 0.25) is 0 Å². The first-order valence-corrected chi connectivity index (χ1v) is 6.32. The molecule has 0 spiro atoms. The number of nitrogens with one attached hydrogen (secondary N) is 1. The smallest absolute Gasteiger partial charge is 0.119 e. The van der Waals surface area contributed by atoms with E-state index in [9.17, 15) is 0 Å². The quantitative estimate of drug-likeness (QED) is 0.854. The van der Waals surface area contributed by atoms with Crippen molar-refractivity contribution in [1.82, 2.24) is 5.32 Å². The Hall–Kier alpha value is -1.22. The van der Waals surface area contributed by atoms with E-state index in [1.807, 2.05) is 27.0 Å². The first-order valence-electron chi connectivity index (χ1n) is 6.32. The minimum atomic E-state index is 0.450. The number of anilines is 1. The molecule has 1 heterocycles. The molecule has 0 saturated carbocycles. The van der Waals surface area contributed by atoms with Crippen LogP contribution in [-0.2, 0) is 0 Å². The van der Waals surface area contributed by atoms with Crippen LogP contribution in [0.15, 0.2) is 18.2 Å². The van der Waals surface area contributed by atoms with Crippen molar-refractivity contribution in [3.8, 4) is 5.75 Å². The maximum atomic E-state index is 5.26. The second-order valence-electron chi connectivity index (χ2n) is 3.98. The van der Waals surface area contributed by atoms with Crippen molar-refractivity contribution >= 4 is 5.69 Å². The van der Waals surface area contributed by atoms with Crippen LogP contribution in [-0.4, -0.2) is 27.7 Å². The molecule has 0 bridgehead atoms. The van der Waals surface area contributed by atoms with Gasteiger partial charge in [-0.3, -0.25) is 0 Å². The molecule has 0 fully saturated rings. The van der Waals surface area contributed by atoms with Gasteiger partial charge in [-0.15, -0.1) is 0 Å². The topological polar surface area (TPSA) is 24.5 Å². The number of methoxy groups -OCH3 is 1. The minimum absolute atomic E-state index is 0.450. The Morgan fingerprint density at radius 2 is 2.06 bits per heavy atom. The van der Waals surface area contributed by atoms with Gasteiger partial charge < -0.3 is 15.0 Å². The third kappa shape index (κ3) is 2.91. The van der Waals surface area contributed by atoms with Crippen LogP contribution in [0.25, 0.3) is 0 Å². The molecular formula is C14H24N2O. The standard InChI is InChI=1S/C12H18N2O.C2H6/c1-13-11-6-7-14(2)12-5-4-9(15-3)8-10(11)12;1-2/h4-5,8,11,13H,6-7H2,1-3H3;1-2H3. The van der Waals surface area contributed by atoms with Gasteiger partial charge in [0.05, 0.1) is 7.11 Å². The number of ether oxygens (including phenoxy) is 1. The number of rotatable bonds is 2. The molecule has 96 valence electrons. The van der Waals surface area contributed by atoms with E-state index in [1.165, 1.54) is 11.3 Å². The summed E-state index contributed by atoms with van der Waals surface area (Å²) in [5, 5.41) is 3.35. The molecule has 1 atom stereocenters. The molecular weight excluding hydrogens is 212 g/mol. The lowest BCUT2D eigenvalue weighted by Gasteiger charge is -2.33. The second-order valence-corrected chi connectivity index (χ2v) is 3.98. The van der Waals surface area contributed by atoms with Crippen molar-refractivity contribution < 1.29 is 4.74 Å². The van der Waals surface area contributed by atoms with Crippen molar-refractivity contribution in [2.24, 2.45) is 0 Å². The molecule has 1 aromatic carbocycles. The summed E-state index contributed by atoms with van der Waals surface area (Å²) in [7, 11) is 5.86. The molecule has 0 aliphatic carbocycles. The number of hydrogen-bond acceptors (Lipinski definition) is 3. The van der Waals surface area contributed by atoms with Gasteiger partial charge in [0.15, 0.2) is 0 Å². The Bertz CT molecular complexity index is 352. The number of fused-ring (bicyclic) bond motifs is 1. The molecule has 0 amide bonds. The van der Waals surface area contributed by atoms with Crippen LogP contribution in [0, 0.1) is 0 Å². The minimum Gasteiger partial charge on any atom is -0.497 e. The van der Waals surface area contributed by atoms with E-state index >= 15 is 0 Å². The van der Waals surface area contributed by atoms with E-state index in [1.54, 1.807) is 7.11 Å². The molecule has 0 aromatic heterocycles. The summed E-state index contributed by atoms with van der Waals surface area (Å²) in [6.07, 6.45) is 1.15. The van der Waals surface area contributed by atoms with Crippen molar-refractivity contribution in [2.75, 3.05) is 32.6 Å². The van der Waals surface area contributed by atoms with E-state index in [2.05, 4.69) is 29.4 Å². The van der Waals surface area contributed by atoms with Crippen LogP contribution in [0.1, 0.15) is 31.9 Å². The van der Waals surface area contributed by atoms with Gasteiger partial charge in [0.1, 0.15) is 5.75 Å². The van der Waals surface area contributed by atoms with Crippen molar-refractivity contribution in [1.29, 1.82) is 0 Å². The van der Waals surface area contributed by atoms with Crippen LogP contribution in [0.3, 0.4) is 0 Å². The fourth-order valence-electron chi connectivity index (χ4n) is 2.18. The highest BCUT2D eigenvalue weighted by atomic mass is 16.5. The lowest BCUT2D eigenvalue weighted by molar-refractivity contribution is 0.412. The zero-order valence-corrected chi connectivity index (χ0v) is 11.6. The summed E-state index contributed by atoms with van der Waals surface area (Å²) in [5.74, 6) is 0.935. The monoisotopic (exact) mass is 236 g/mol. The Labute approximate surface area is 105 Å². The van der Waals surface area contributed by atoms with Gasteiger partial charge in [-0.1, -0.05) is 13.8 Å². The molecule has 1 aliphatic heterocycles. The molecule has 0 radical (unpaired) electrons. The largest absolute Gasteiger partial charge is 0.497 e. The average molecular weight is 236 g/mol. The highest BCUT2D eigenvalue weighted by molar-refractivity contribution is 5.58. The van der Waals surface area contributed by atoms with Crippen LogP contribution in [0.4, 0.5) is 5.69 Å². The molecule has 17 heavy (non-hydrogen) atoms. The maximum absolute atomic E-state index is 5.26. The summed E-state index contributed by atoms with van der Waals surface area (Å²) in [6, 6.07) is 6.74. The van der Waals surface area contributed by atoms with Crippen molar-refractivity contribution in [2.45, 2.75) is 26.3 Å². The molecule has 3 nitrogen and oxygen atoms in total. The number of benzene rings is 1. The van der Waals surface area contributed by atoms with E-state index < -0.39 is 0 Å². The zero-order valence-electron chi connectivity index (χ0n) is 11.6. The van der Waals surface area contributed by atoms with E-state index in [0.717, 1.165) is 18.7 Å². The van der Waals surface area contributed by atoms with Gasteiger partial charge in [0.2, 0.25) is 0 Å². The van der Waals surface area contributed by atoms with Crippen LogP contribution in [0.5, 0.6) is 5.75 Å². The number of hydrogen-bond donors (Lipinski definition) is 1. The van der Waals surface area contributed by atoms with Gasteiger partial charge in [0, 0.05) is 25.3 Å².